The van der Waals surface area contributed by atoms with Crippen molar-refractivity contribution < 1.29 is 9.48 Å². The van der Waals surface area contributed by atoms with E-state index in [9.17, 15) is 5.21 Å². The average Bonchev–Trinajstić information content (AvgIpc) is 2.84. The number of para-hydroxylation sites is 2. The van der Waals surface area contributed by atoms with E-state index in [4.69, 9.17) is 17.0 Å². The van der Waals surface area contributed by atoms with Crippen LogP contribution in [-0.2, 0) is 0 Å². The maximum Gasteiger partial charge on any atom is 0.258 e. The Morgan fingerprint density at radius 1 is 1.16 bits per heavy atom. The van der Waals surface area contributed by atoms with Crippen molar-refractivity contribution in [1.82, 2.24) is 0 Å². The molecule has 25 heavy (non-hydrogen) atoms. The molecule has 1 saturated heterocycles. The third kappa shape index (κ3) is 3.50. The molecule has 6 heteroatoms. The summed E-state index contributed by atoms with van der Waals surface area (Å²) < 4.78 is 6.69. The number of nitrogens with zero attached hydrogens (tertiary/aromatic N) is 2. The lowest BCUT2D eigenvalue weighted by Gasteiger charge is -2.29. The normalized spacial score (nSPS) is 20.0. The van der Waals surface area contributed by atoms with Crippen LogP contribution in [0.15, 0.2) is 54.6 Å². The molecule has 0 N–H and O–H groups in total. The number of anilines is 1. The number of hydrogen-bond acceptors (Lipinski definition) is 4. The lowest BCUT2D eigenvalue weighted by Crippen LogP contribution is -2.48. The molecule has 0 aromatic heterocycles. The van der Waals surface area contributed by atoms with Crippen molar-refractivity contribution in [3.8, 4) is 5.75 Å². The molecule has 1 fully saturated rings. The van der Waals surface area contributed by atoms with Crippen molar-refractivity contribution in [2.75, 3.05) is 12.0 Å². The van der Waals surface area contributed by atoms with Gasteiger partial charge in [0.1, 0.15) is 14.8 Å². The van der Waals surface area contributed by atoms with Crippen LogP contribution in [0.1, 0.15) is 19.4 Å². The first-order chi connectivity index (χ1) is 11.9. The zero-order valence-corrected chi connectivity index (χ0v) is 16.0. The Morgan fingerprint density at radius 2 is 1.80 bits per heavy atom. The van der Waals surface area contributed by atoms with Crippen LogP contribution in [-0.4, -0.2) is 33.3 Å². The fourth-order valence-corrected chi connectivity index (χ4v) is 4.89. The first-order valence-corrected chi connectivity index (χ1v) is 9.17. The molecule has 0 spiro atoms. The standard InChI is InChI=1S/C19H20N2O2S2/c1-19(2)17(20(22)13-14-9-7-8-12-16(14)23-3)21(18(24)25-19)15-10-5-4-6-11-15/h4-13,17H,1-3H3/b20-13-/t17-/m1/s1. The Bertz CT molecular complexity index is 806. The summed E-state index contributed by atoms with van der Waals surface area (Å²) in [5.74, 6) is 0.667. The monoisotopic (exact) mass is 372 g/mol. The SMILES string of the molecule is COc1ccccc1/C=[N+](\[O-])[C@@H]1N(c2ccccc2)C(=S)SC1(C)C. The van der Waals surface area contributed by atoms with Gasteiger partial charge in [0.15, 0.2) is 6.21 Å². The van der Waals surface area contributed by atoms with E-state index in [1.165, 1.54) is 0 Å². The van der Waals surface area contributed by atoms with Gasteiger partial charge >= 0.3 is 0 Å². The summed E-state index contributed by atoms with van der Waals surface area (Å²) in [6.07, 6.45) is 1.13. The highest BCUT2D eigenvalue weighted by atomic mass is 32.2. The predicted octanol–water partition coefficient (Wildman–Crippen LogP) is 4.27. The van der Waals surface area contributed by atoms with Gasteiger partial charge in [-0.25, -0.2) is 0 Å². The van der Waals surface area contributed by atoms with Gasteiger partial charge in [-0.3, -0.25) is 4.90 Å². The van der Waals surface area contributed by atoms with Gasteiger partial charge in [0.05, 0.1) is 12.7 Å². The van der Waals surface area contributed by atoms with E-state index in [2.05, 4.69) is 0 Å². The molecule has 2 aromatic carbocycles. The average molecular weight is 373 g/mol. The van der Waals surface area contributed by atoms with Crippen molar-refractivity contribution in [1.29, 1.82) is 0 Å². The first-order valence-electron chi connectivity index (χ1n) is 7.94. The highest BCUT2D eigenvalue weighted by Crippen LogP contribution is 2.43. The summed E-state index contributed by atoms with van der Waals surface area (Å²) in [5, 5.41) is 13.1. The molecule has 130 valence electrons. The van der Waals surface area contributed by atoms with Gasteiger partial charge in [-0.1, -0.05) is 54.3 Å². The van der Waals surface area contributed by atoms with Gasteiger partial charge in [-0.15, -0.1) is 0 Å². The number of hydroxylamine groups is 1. The summed E-state index contributed by atoms with van der Waals surface area (Å²) >= 11 is 7.11. The van der Waals surface area contributed by atoms with Gasteiger partial charge < -0.3 is 9.94 Å². The molecule has 0 saturated carbocycles. The number of methoxy groups -OCH3 is 1. The molecule has 1 aliphatic rings. The van der Waals surface area contributed by atoms with E-state index in [0.717, 1.165) is 16.0 Å². The molecule has 4 nitrogen and oxygen atoms in total. The number of hydrogen-bond donors (Lipinski definition) is 0. The molecule has 0 amide bonds. The van der Waals surface area contributed by atoms with E-state index in [1.807, 2.05) is 73.3 Å². The summed E-state index contributed by atoms with van der Waals surface area (Å²) in [6, 6.07) is 17.3. The van der Waals surface area contributed by atoms with Crippen molar-refractivity contribution >= 4 is 40.2 Å². The molecule has 0 radical (unpaired) electrons. The zero-order valence-electron chi connectivity index (χ0n) is 14.4. The molecule has 3 rings (SSSR count). The van der Waals surface area contributed by atoms with E-state index >= 15 is 0 Å². The predicted molar refractivity (Wildman–Crippen MR) is 109 cm³/mol. The molecule has 0 unspecified atom stereocenters. The van der Waals surface area contributed by atoms with Gasteiger partial charge in [0.25, 0.3) is 6.17 Å². The van der Waals surface area contributed by atoms with Gasteiger partial charge in [0, 0.05) is 5.69 Å². The Labute approximate surface area is 157 Å². The second-order valence-corrected chi connectivity index (χ2v) is 8.57. The number of thiocarbonyl (C=S) groups is 1. The highest BCUT2D eigenvalue weighted by molar-refractivity contribution is 8.24. The molecular formula is C19H20N2O2S2. The highest BCUT2D eigenvalue weighted by Gasteiger charge is 2.51. The largest absolute Gasteiger partial charge is 0.622 e. The lowest BCUT2D eigenvalue weighted by molar-refractivity contribution is -0.497. The third-order valence-electron chi connectivity index (χ3n) is 4.09. The minimum atomic E-state index is -0.447. The molecule has 1 aliphatic heterocycles. The number of benzene rings is 2. The Hall–Kier alpha value is -2.05. The number of ether oxygens (including phenoxy) is 1. The molecular weight excluding hydrogens is 352 g/mol. The van der Waals surface area contributed by atoms with Crippen molar-refractivity contribution in [2.45, 2.75) is 24.8 Å². The zero-order chi connectivity index (χ0) is 18.0. The van der Waals surface area contributed by atoms with Gasteiger partial charge in [0.2, 0.25) is 0 Å². The van der Waals surface area contributed by atoms with Crippen molar-refractivity contribution in [2.24, 2.45) is 0 Å². The number of rotatable bonds is 4. The van der Waals surface area contributed by atoms with E-state index in [1.54, 1.807) is 25.1 Å². The molecule has 0 aliphatic carbocycles. The second-order valence-electron chi connectivity index (χ2n) is 6.28. The minimum Gasteiger partial charge on any atom is -0.622 e. The van der Waals surface area contributed by atoms with Crippen LogP contribution in [0, 0.1) is 5.21 Å². The van der Waals surface area contributed by atoms with Crippen LogP contribution < -0.4 is 9.64 Å². The van der Waals surface area contributed by atoms with E-state index in [-0.39, 0.29) is 4.75 Å². The summed E-state index contributed by atoms with van der Waals surface area (Å²) in [7, 11) is 1.60. The van der Waals surface area contributed by atoms with E-state index in [0.29, 0.717) is 10.1 Å². The molecule has 0 bridgehead atoms. The van der Waals surface area contributed by atoms with Crippen LogP contribution >= 0.6 is 24.0 Å². The van der Waals surface area contributed by atoms with Gasteiger partial charge in [-0.2, -0.15) is 4.74 Å². The van der Waals surface area contributed by atoms with Crippen LogP contribution in [0.4, 0.5) is 5.69 Å². The first kappa shape index (κ1) is 17.8. The summed E-state index contributed by atoms with van der Waals surface area (Å²) in [6.45, 7) is 4.08. The summed E-state index contributed by atoms with van der Waals surface area (Å²) in [4.78, 5) is 1.93. The van der Waals surface area contributed by atoms with Crippen LogP contribution in [0.2, 0.25) is 0 Å². The maximum atomic E-state index is 13.1. The van der Waals surface area contributed by atoms with E-state index < -0.39 is 6.17 Å². The fourth-order valence-electron chi connectivity index (χ4n) is 2.97. The summed E-state index contributed by atoms with van der Waals surface area (Å²) in [5.41, 5.74) is 1.66. The lowest BCUT2D eigenvalue weighted by atomic mass is 10.1. The molecule has 2 aromatic rings. The maximum absolute atomic E-state index is 13.1. The quantitative estimate of drug-likeness (QED) is 0.263. The third-order valence-corrected chi connectivity index (χ3v) is 5.65. The van der Waals surface area contributed by atoms with Crippen LogP contribution in [0.3, 0.4) is 0 Å². The molecule has 1 atom stereocenters. The second kappa shape index (κ2) is 7.06. The van der Waals surface area contributed by atoms with Crippen molar-refractivity contribution in [3.05, 3.63) is 65.4 Å². The minimum absolute atomic E-state index is 0.354. The van der Waals surface area contributed by atoms with Gasteiger partial charge in [-0.05, 0) is 38.1 Å². The topological polar surface area (TPSA) is 38.5 Å². The Morgan fingerprint density at radius 3 is 2.48 bits per heavy atom. The number of thioether (sulfide) groups is 1. The Balaban J connectivity index is 2.05. The van der Waals surface area contributed by atoms with Crippen LogP contribution in [0.5, 0.6) is 5.75 Å². The van der Waals surface area contributed by atoms with Crippen molar-refractivity contribution in [3.63, 3.8) is 0 Å². The van der Waals surface area contributed by atoms with Crippen LogP contribution in [0.25, 0.3) is 0 Å². The fraction of sp³-hybridized carbons (Fsp3) is 0.263. The smallest absolute Gasteiger partial charge is 0.258 e. The molecule has 1 heterocycles. The Kier molecular flexibility index (Phi) is 5.01.